The molecule has 0 unspecified atom stereocenters. The lowest BCUT2D eigenvalue weighted by molar-refractivity contribution is 0.0949. The zero-order valence-corrected chi connectivity index (χ0v) is 15.9. The highest BCUT2D eigenvalue weighted by atomic mass is 32.1. The molecule has 3 aromatic rings. The average molecular weight is 384 g/mol. The molecule has 0 fully saturated rings. The van der Waals surface area contributed by atoms with E-state index in [2.05, 4.69) is 10.6 Å². The van der Waals surface area contributed by atoms with E-state index in [1.807, 2.05) is 38.1 Å². The molecule has 0 radical (unpaired) electrons. The molecule has 0 spiro atoms. The van der Waals surface area contributed by atoms with E-state index in [4.69, 9.17) is 9.15 Å². The van der Waals surface area contributed by atoms with E-state index in [1.165, 1.54) is 17.6 Å². The second-order valence-electron chi connectivity index (χ2n) is 5.98. The van der Waals surface area contributed by atoms with Crippen molar-refractivity contribution < 1.29 is 18.7 Å². The van der Waals surface area contributed by atoms with Crippen LogP contribution in [-0.4, -0.2) is 25.0 Å². The van der Waals surface area contributed by atoms with Gasteiger partial charge in [0.2, 0.25) is 0 Å². The van der Waals surface area contributed by atoms with Crippen molar-refractivity contribution in [2.24, 2.45) is 0 Å². The molecule has 0 saturated carbocycles. The minimum atomic E-state index is -0.347. The highest BCUT2D eigenvalue weighted by molar-refractivity contribution is 7.18. The zero-order valence-electron chi connectivity index (χ0n) is 15.1. The first-order valence-electron chi connectivity index (χ1n) is 8.46. The van der Waals surface area contributed by atoms with E-state index in [0.717, 1.165) is 16.9 Å². The quantitative estimate of drug-likeness (QED) is 0.603. The summed E-state index contributed by atoms with van der Waals surface area (Å²) in [6, 6.07) is 12.7. The monoisotopic (exact) mass is 384 g/mol. The van der Waals surface area contributed by atoms with Crippen LogP contribution >= 0.6 is 11.3 Å². The Bertz CT molecular complexity index is 931. The molecule has 27 heavy (non-hydrogen) atoms. The molecule has 1 aromatic carbocycles. The Balaban J connectivity index is 1.51. The summed E-state index contributed by atoms with van der Waals surface area (Å²) in [4.78, 5) is 24.9. The summed E-state index contributed by atoms with van der Waals surface area (Å²) in [5.41, 5.74) is 1.92. The smallest absolute Gasteiger partial charge is 0.291 e. The standard InChI is InChI=1S/C20H20N2O4S/c1-13-5-3-6-15(11-13)25-10-8-21-20(24)18-14(2)12-17(27-18)22-19(23)16-7-4-9-26-16/h3-7,9,11-12H,8,10H2,1-2H3,(H,21,24)(H,22,23). The molecular formula is C20H20N2O4S. The third kappa shape index (κ3) is 4.98. The summed E-state index contributed by atoms with van der Waals surface area (Å²) in [6.07, 6.45) is 1.44. The lowest BCUT2D eigenvalue weighted by atomic mass is 10.2. The third-order valence-corrected chi connectivity index (χ3v) is 4.90. The molecule has 6 nitrogen and oxygen atoms in total. The highest BCUT2D eigenvalue weighted by Gasteiger charge is 2.16. The molecule has 7 heteroatoms. The number of amides is 2. The van der Waals surface area contributed by atoms with E-state index in [0.29, 0.717) is 23.0 Å². The molecule has 0 bridgehead atoms. The van der Waals surface area contributed by atoms with Crippen LogP contribution in [0, 0.1) is 13.8 Å². The summed E-state index contributed by atoms with van der Waals surface area (Å²) in [6.45, 7) is 4.59. The van der Waals surface area contributed by atoms with Gasteiger partial charge in [0.05, 0.1) is 22.7 Å². The van der Waals surface area contributed by atoms with Crippen molar-refractivity contribution in [2.75, 3.05) is 18.5 Å². The van der Waals surface area contributed by atoms with Gasteiger partial charge in [-0.1, -0.05) is 12.1 Å². The Kier molecular flexibility index (Phi) is 5.93. The molecule has 2 heterocycles. The van der Waals surface area contributed by atoms with Crippen LogP contribution in [0.1, 0.15) is 31.4 Å². The first kappa shape index (κ1) is 18.7. The van der Waals surface area contributed by atoms with Gasteiger partial charge in [0.1, 0.15) is 12.4 Å². The van der Waals surface area contributed by atoms with E-state index >= 15 is 0 Å². The van der Waals surface area contributed by atoms with Gasteiger partial charge in [0.15, 0.2) is 5.76 Å². The molecule has 3 rings (SSSR count). The molecule has 140 valence electrons. The molecule has 0 aliphatic rings. The Morgan fingerprint density at radius 1 is 1.11 bits per heavy atom. The number of benzene rings is 1. The van der Waals surface area contributed by atoms with Gasteiger partial charge in [-0.25, -0.2) is 0 Å². The van der Waals surface area contributed by atoms with Crippen LogP contribution in [0.4, 0.5) is 5.00 Å². The van der Waals surface area contributed by atoms with Crippen LogP contribution in [-0.2, 0) is 0 Å². The van der Waals surface area contributed by atoms with E-state index in [-0.39, 0.29) is 17.6 Å². The molecule has 2 amide bonds. The van der Waals surface area contributed by atoms with Gasteiger partial charge in [0.25, 0.3) is 11.8 Å². The van der Waals surface area contributed by atoms with Crippen LogP contribution in [0.25, 0.3) is 0 Å². The molecule has 2 aromatic heterocycles. The molecular weight excluding hydrogens is 364 g/mol. The van der Waals surface area contributed by atoms with Gasteiger partial charge in [-0.3, -0.25) is 9.59 Å². The maximum Gasteiger partial charge on any atom is 0.291 e. The number of nitrogens with one attached hydrogen (secondary N) is 2. The van der Waals surface area contributed by atoms with Crippen LogP contribution in [0.3, 0.4) is 0 Å². The Morgan fingerprint density at radius 3 is 2.70 bits per heavy atom. The van der Waals surface area contributed by atoms with Crippen molar-refractivity contribution in [1.29, 1.82) is 0 Å². The number of rotatable bonds is 7. The molecule has 0 saturated heterocycles. The van der Waals surface area contributed by atoms with E-state index < -0.39 is 0 Å². The fourth-order valence-corrected chi connectivity index (χ4v) is 3.45. The van der Waals surface area contributed by atoms with Crippen molar-refractivity contribution in [3.63, 3.8) is 0 Å². The van der Waals surface area contributed by atoms with Crippen LogP contribution in [0.15, 0.2) is 53.1 Å². The lowest BCUT2D eigenvalue weighted by Gasteiger charge is -2.08. The van der Waals surface area contributed by atoms with Crippen molar-refractivity contribution in [1.82, 2.24) is 5.32 Å². The van der Waals surface area contributed by atoms with Crippen molar-refractivity contribution >= 4 is 28.2 Å². The Morgan fingerprint density at radius 2 is 1.96 bits per heavy atom. The van der Waals surface area contributed by atoms with Gasteiger partial charge in [-0.05, 0) is 55.3 Å². The van der Waals surface area contributed by atoms with Gasteiger partial charge in [0, 0.05) is 0 Å². The van der Waals surface area contributed by atoms with Crippen molar-refractivity contribution in [3.8, 4) is 5.75 Å². The lowest BCUT2D eigenvalue weighted by Crippen LogP contribution is -2.27. The number of carbonyl (C=O) groups excluding carboxylic acids is 2. The number of aryl methyl sites for hydroxylation is 2. The van der Waals surface area contributed by atoms with Crippen LogP contribution in [0.5, 0.6) is 5.75 Å². The Hall–Kier alpha value is -3.06. The number of hydrogen-bond donors (Lipinski definition) is 2. The highest BCUT2D eigenvalue weighted by Crippen LogP contribution is 2.27. The average Bonchev–Trinajstić information content (AvgIpc) is 3.28. The molecule has 0 aliphatic heterocycles. The summed E-state index contributed by atoms with van der Waals surface area (Å²) in [7, 11) is 0. The normalized spacial score (nSPS) is 10.4. The number of carbonyl (C=O) groups is 2. The predicted molar refractivity (Wildman–Crippen MR) is 105 cm³/mol. The van der Waals surface area contributed by atoms with Crippen molar-refractivity contribution in [2.45, 2.75) is 13.8 Å². The van der Waals surface area contributed by atoms with Crippen molar-refractivity contribution in [3.05, 3.63) is 70.5 Å². The first-order valence-corrected chi connectivity index (χ1v) is 9.27. The van der Waals surface area contributed by atoms with Gasteiger partial charge in [-0.15, -0.1) is 11.3 Å². The number of ether oxygens (including phenoxy) is 1. The van der Waals surface area contributed by atoms with Gasteiger partial charge >= 0.3 is 0 Å². The summed E-state index contributed by atoms with van der Waals surface area (Å²) in [5.74, 6) is 0.462. The minimum absolute atomic E-state index is 0.191. The minimum Gasteiger partial charge on any atom is -0.492 e. The summed E-state index contributed by atoms with van der Waals surface area (Å²) < 4.78 is 10.7. The van der Waals surface area contributed by atoms with Crippen LogP contribution < -0.4 is 15.4 Å². The summed E-state index contributed by atoms with van der Waals surface area (Å²) in [5, 5.41) is 6.16. The predicted octanol–water partition coefficient (Wildman–Crippen LogP) is 4.02. The molecule has 0 aliphatic carbocycles. The second-order valence-corrected chi connectivity index (χ2v) is 7.03. The van der Waals surface area contributed by atoms with E-state index in [1.54, 1.807) is 18.2 Å². The fourth-order valence-electron chi connectivity index (χ4n) is 2.47. The first-order chi connectivity index (χ1) is 13.0. The summed E-state index contributed by atoms with van der Waals surface area (Å²) >= 11 is 1.22. The van der Waals surface area contributed by atoms with E-state index in [9.17, 15) is 9.59 Å². The largest absolute Gasteiger partial charge is 0.492 e. The number of anilines is 1. The Labute approximate surface area is 161 Å². The van der Waals surface area contributed by atoms with Gasteiger partial charge in [-0.2, -0.15) is 0 Å². The number of hydrogen-bond acceptors (Lipinski definition) is 5. The molecule has 2 N–H and O–H groups in total. The fraction of sp³-hybridized carbons (Fsp3) is 0.200. The SMILES string of the molecule is Cc1cccc(OCCNC(=O)c2sc(NC(=O)c3ccco3)cc2C)c1. The maximum absolute atomic E-state index is 12.4. The number of furan rings is 1. The van der Waals surface area contributed by atoms with Crippen LogP contribution in [0.2, 0.25) is 0 Å². The third-order valence-electron chi connectivity index (χ3n) is 3.75. The maximum atomic E-state index is 12.4. The molecule has 0 atom stereocenters. The second kappa shape index (κ2) is 8.55. The van der Waals surface area contributed by atoms with Gasteiger partial charge < -0.3 is 19.8 Å². The zero-order chi connectivity index (χ0) is 19.2. The topological polar surface area (TPSA) is 80.6 Å². The number of thiophene rings is 1.